The highest BCUT2D eigenvalue weighted by molar-refractivity contribution is 7.98. The van der Waals surface area contributed by atoms with Crippen molar-refractivity contribution in [3.05, 3.63) is 27.8 Å². The van der Waals surface area contributed by atoms with Crippen LogP contribution >= 0.6 is 24.2 Å². The number of nitrogens with zero attached hydrogens (tertiary/aromatic N) is 2. The van der Waals surface area contributed by atoms with Crippen LogP contribution in [0.2, 0.25) is 0 Å². The van der Waals surface area contributed by atoms with Gasteiger partial charge >= 0.3 is 0 Å². The van der Waals surface area contributed by atoms with E-state index in [4.69, 9.17) is 10.5 Å². The molecule has 0 unspecified atom stereocenters. The van der Waals surface area contributed by atoms with Crippen LogP contribution in [0.25, 0.3) is 0 Å². The molecule has 0 saturated heterocycles. The highest BCUT2D eigenvalue weighted by Crippen LogP contribution is 2.35. The topological polar surface area (TPSA) is 98.7 Å². The van der Waals surface area contributed by atoms with E-state index < -0.39 is 10.8 Å². The summed E-state index contributed by atoms with van der Waals surface area (Å²) < 4.78 is 5.15. The zero-order valence-electron chi connectivity index (χ0n) is 14.5. The number of methoxy groups -OCH3 is 1. The van der Waals surface area contributed by atoms with Crippen molar-refractivity contribution >= 4 is 35.8 Å². The molecule has 9 heteroatoms. The highest BCUT2D eigenvalue weighted by Gasteiger charge is 2.28. The Bertz CT molecular complexity index is 611. The summed E-state index contributed by atoms with van der Waals surface area (Å²) in [5, 5.41) is 11.3. The van der Waals surface area contributed by atoms with Crippen LogP contribution in [0.4, 0.5) is 5.69 Å². The average molecular weight is 378 g/mol. The summed E-state index contributed by atoms with van der Waals surface area (Å²) in [6.45, 7) is 4.69. The number of nitro groups is 1. The van der Waals surface area contributed by atoms with Crippen LogP contribution in [0.5, 0.6) is 5.75 Å². The third kappa shape index (κ3) is 5.25. The van der Waals surface area contributed by atoms with Crippen molar-refractivity contribution in [2.45, 2.75) is 18.7 Å². The number of carbonyl (C=O) groups excluding carboxylic acids is 1. The second kappa shape index (κ2) is 9.10. The first kappa shape index (κ1) is 22.5. The number of amides is 1. The van der Waals surface area contributed by atoms with Gasteiger partial charge in [0.05, 0.1) is 23.0 Å². The van der Waals surface area contributed by atoms with Gasteiger partial charge in [0.1, 0.15) is 11.3 Å². The molecule has 0 atom stereocenters. The largest absolute Gasteiger partial charge is 0.495 e. The van der Waals surface area contributed by atoms with Crippen molar-refractivity contribution in [3.63, 3.8) is 0 Å². The molecule has 1 aromatic rings. The van der Waals surface area contributed by atoms with Gasteiger partial charge in [0.2, 0.25) is 0 Å². The number of rotatable bonds is 7. The van der Waals surface area contributed by atoms with Gasteiger partial charge in [0, 0.05) is 13.6 Å². The van der Waals surface area contributed by atoms with Gasteiger partial charge in [-0.15, -0.1) is 24.2 Å². The molecule has 0 radical (unpaired) electrons. The number of thioether (sulfide) groups is 1. The van der Waals surface area contributed by atoms with E-state index in [-0.39, 0.29) is 29.1 Å². The molecule has 2 N–H and O–H groups in total. The maximum Gasteiger partial charge on any atom is 0.285 e. The first-order chi connectivity index (χ1) is 10.7. The first-order valence-electron chi connectivity index (χ1n) is 7.02. The molecular formula is C15H24ClN3O4S. The number of benzene rings is 1. The molecule has 0 aliphatic heterocycles. The minimum Gasteiger partial charge on any atom is -0.495 e. The Morgan fingerprint density at radius 2 is 2.04 bits per heavy atom. The van der Waals surface area contributed by atoms with Gasteiger partial charge in [0.25, 0.3) is 11.6 Å². The monoisotopic (exact) mass is 377 g/mol. The number of carbonyl (C=O) groups is 1. The molecule has 0 aliphatic rings. The van der Waals surface area contributed by atoms with Crippen LogP contribution in [0.3, 0.4) is 0 Å². The van der Waals surface area contributed by atoms with Crippen molar-refractivity contribution in [3.8, 4) is 5.75 Å². The number of nitrogens with two attached hydrogens (primary N) is 1. The van der Waals surface area contributed by atoms with Gasteiger partial charge in [-0.1, -0.05) is 13.8 Å². The smallest absolute Gasteiger partial charge is 0.285 e. The lowest BCUT2D eigenvalue weighted by Gasteiger charge is -2.29. The summed E-state index contributed by atoms with van der Waals surface area (Å²) in [7, 11) is 3.06. The summed E-state index contributed by atoms with van der Waals surface area (Å²) >= 11 is 1.36. The Morgan fingerprint density at radius 3 is 2.46 bits per heavy atom. The highest BCUT2D eigenvalue weighted by atomic mass is 35.5. The van der Waals surface area contributed by atoms with E-state index in [9.17, 15) is 14.9 Å². The summed E-state index contributed by atoms with van der Waals surface area (Å²) in [5.41, 5.74) is 5.21. The summed E-state index contributed by atoms with van der Waals surface area (Å²) in [6, 6.07) is 2.80. The van der Waals surface area contributed by atoms with E-state index in [2.05, 4.69) is 0 Å². The Kier molecular flexibility index (Phi) is 8.53. The fraction of sp³-hybridized carbons (Fsp3) is 0.533. The molecule has 0 fully saturated rings. The molecule has 24 heavy (non-hydrogen) atoms. The quantitative estimate of drug-likeness (QED) is 0.445. The number of nitro benzene ring substituents is 1. The molecule has 0 heterocycles. The van der Waals surface area contributed by atoms with Crippen molar-refractivity contribution in [1.29, 1.82) is 0 Å². The number of hydrogen-bond donors (Lipinski definition) is 1. The Balaban J connectivity index is 0.00000529. The predicted octanol–water partition coefficient (Wildman–Crippen LogP) is 2.80. The Labute approximate surface area is 152 Å². The second-order valence-corrected chi connectivity index (χ2v) is 6.86. The van der Waals surface area contributed by atoms with Crippen LogP contribution in [-0.4, -0.2) is 49.2 Å². The standard InChI is InChI=1S/C15H23N3O4S.ClH/c1-15(2,8-16)9-17(3)14(19)10-6-13(23-5)12(22-4)7-11(10)18(20)21;/h6-7H,8-9,16H2,1-5H3;1H. The number of ether oxygens (including phenoxy) is 1. The molecule has 7 nitrogen and oxygen atoms in total. The van der Waals surface area contributed by atoms with Gasteiger partial charge in [-0.3, -0.25) is 14.9 Å². The van der Waals surface area contributed by atoms with Crippen molar-refractivity contribution in [2.75, 3.05) is 33.5 Å². The van der Waals surface area contributed by atoms with E-state index in [1.54, 1.807) is 7.05 Å². The summed E-state index contributed by atoms with van der Waals surface area (Å²) in [4.78, 5) is 25.5. The molecule has 0 bridgehead atoms. The van der Waals surface area contributed by atoms with E-state index in [1.807, 2.05) is 20.1 Å². The van der Waals surface area contributed by atoms with Crippen molar-refractivity contribution in [2.24, 2.45) is 11.1 Å². The summed E-state index contributed by atoms with van der Waals surface area (Å²) in [6.07, 6.45) is 1.82. The molecule has 1 aromatic carbocycles. The van der Waals surface area contributed by atoms with Crippen LogP contribution in [0.1, 0.15) is 24.2 Å². The van der Waals surface area contributed by atoms with Crippen LogP contribution < -0.4 is 10.5 Å². The zero-order chi connectivity index (χ0) is 17.8. The average Bonchev–Trinajstić information content (AvgIpc) is 2.52. The Hall–Kier alpha value is -1.51. The molecule has 0 spiro atoms. The maximum atomic E-state index is 12.7. The van der Waals surface area contributed by atoms with Crippen molar-refractivity contribution in [1.82, 2.24) is 4.90 Å². The number of halogens is 1. The minimum absolute atomic E-state index is 0. The normalized spacial score (nSPS) is 10.8. The predicted molar refractivity (Wildman–Crippen MR) is 98.5 cm³/mol. The minimum atomic E-state index is -0.568. The van der Waals surface area contributed by atoms with Gasteiger partial charge in [0.15, 0.2) is 0 Å². The third-order valence-electron chi connectivity index (χ3n) is 3.49. The van der Waals surface area contributed by atoms with Gasteiger partial charge in [-0.2, -0.15) is 0 Å². The van der Waals surface area contributed by atoms with E-state index in [0.717, 1.165) is 0 Å². The Morgan fingerprint density at radius 1 is 1.46 bits per heavy atom. The van der Waals surface area contributed by atoms with Gasteiger partial charge in [-0.05, 0) is 24.3 Å². The maximum absolute atomic E-state index is 12.7. The second-order valence-electron chi connectivity index (χ2n) is 6.01. The van der Waals surface area contributed by atoms with Gasteiger partial charge in [-0.25, -0.2) is 0 Å². The first-order valence-corrected chi connectivity index (χ1v) is 8.25. The van der Waals surface area contributed by atoms with E-state index in [0.29, 0.717) is 23.7 Å². The van der Waals surface area contributed by atoms with E-state index >= 15 is 0 Å². The van der Waals surface area contributed by atoms with E-state index in [1.165, 1.54) is 35.9 Å². The molecule has 1 amide bonds. The fourth-order valence-electron chi connectivity index (χ4n) is 2.17. The lowest BCUT2D eigenvalue weighted by molar-refractivity contribution is -0.385. The van der Waals surface area contributed by atoms with Crippen LogP contribution in [0, 0.1) is 15.5 Å². The molecule has 136 valence electrons. The SMILES string of the molecule is COc1cc([N+](=O)[O-])c(C(=O)N(C)CC(C)(C)CN)cc1SC.Cl. The molecule has 0 aromatic heterocycles. The zero-order valence-corrected chi connectivity index (χ0v) is 16.1. The van der Waals surface area contributed by atoms with Crippen molar-refractivity contribution < 1.29 is 14.5 Å². The molecular weight excluding hydrogens is 354 g/mol. The lowest BCUT2D eigenvalue weighted by Crippen LogP contribution is -2.40. The molecule has 0 saturated carbocycles. The third-order valence-corrected chi connectivity index (χ3v) is 4.25. The fourth-order valence-corrected chi connectivity index (χ4v) is 2.75. The summed E-state index contributed by atoms with van der Waals surface area (Å²) in [5.74, 6) is -0.0260. The molecule has 1 rings (SSSR count). The molecule has 0 aliphatic carbocycles. The lowest BCUT2D eigenvalue weighted by atomic mass is 9.93. The van der Waals surface area contributed by atoms with Crippen LogP contribution in [0.15, 0.2) is 17.0 Å². The van der Waals surface area contributed by atoms with Gasteiger partial charge < -0.3 is 15.4 Å². The van der Waals surface area contributed by atoms with Crippen LogP contribution in [-0.2, 0) is 0 Å². The number of hydrogen-bond acceptors (Lipinski definition) is 6.